The van der Waals surface area contributed by atoms with E-state index in [0.29, 0.717) is 34.2 Å². The second-order valence-corrected chi connectivity index (χ2v) is 8.38. The molecular weight excluding hydrogens is 441 g/mol. The van der Waals surface area contributed by atoms with Crippen LogP contribution in [0.25, 0.3) is 16.9 Å². The van der Waals surface area contributed by atoms with Crippen LogP contribution in [-0.2, 0) is 12.2 Å². The van der Waals surface area contributed by atoms with Gasteiger partial charge in [-0.2, -0.15) is 4.98 Å². The van der Waals surface area contributed by atoms with Crippen molar-refractivity contribution in [2.45, 2.75) is 46.8 Å². The summed E-state index contributed by atoms with van der Waals surface area (Å²) in [6.45, 7) is 8.18. The van der Waals surface area contributed by atoms with E-state index in [0.717, 1.165) is 6.20 Å². The lowest BCUT2D eigenvalue weighted by Crippen LogP contribution is -2.25. The minimum absolute atomic E-state index is 0.0206. The molecule has 0 aliphatic rings. The van der Waals surface area contributed by atoms with Gasteiger partial charge in [-0.25, -0.2) is 19.3 Å². The second-order valence-electron chi connectivity index (χ2n) is 8.38. The highest BCUT2D eigenvalue weighted by Crippen LogP contribution is 2.26. The first-order valence-corrected chi connectivity index (χ1v) is 10.5. The van der Waals surface area contributed by atoms with Crippen LogP contribution < -0.4 is 10.3 Å². The number of hydrogen-bond acceptors (Lipinski definition) is 8. The summed E-state index contributed by atoms with van der Waals surface area (Å²) in [4.78, 5) is 29.9. The molecule has 0 aliphatic carbocycles. The zero-order valence-corrected chi connectivity index (χ0v) is 19.5. The van der Waals surface area contributed by atoms with E-state index < -0.39 is 11.4 Å². The van der Waals surface area contributed by atoms with E-state index >= 15 is 0 Å². The van der Waals surface area contributed by atoms with E-state index in [9.17, 15) is 14.3 Å². The maximum absolute atomic E-state index is 14.6. The number of halogens is 1. The van der Waals surface area contributed by atoms with Gasteiger partial charge in [0, 0.05) is 12.5 Å². The first-order valence-electron chi connectivity index (χ1n) is 10.5. The van der Waals surface area contributed by atoms with E-state index in [1.54, 1.807) is 45.0 Å². The number of hydrogen-bond donors (Lipinski definition) is 1. The van der Waals surface area contributed by atoms with Crippen LogP contribution in [-0.4, -0.2) is 29.6 Å². The highest BCUT2D eigenvalue weighted by atomic mass is 19.1. The van der Waals surface area contributed by atoms with Crippen LogP contribution in [0.2, 0.25) is 0 Å². The van der Waals surface area contributed by atoms with Crippen molar-refractivity contribution in [3.05, 3.63) is 81.7 Å². The Bertz CT molecular complexity index is 1420. The minimum Gasteiger partial charge on any atom is -0.471 e. The lowest BCUT2D eigenvalue weighted by atomic mass is 10.1. The fraction of sp³-hybridized carbons (Fsp3) is 0.292. The molecule has 4 rings (SSSR count). The van der Waals surface area contributed by atoms with Crippen molar-refractivity contribution in [1.82, 2.24) is 24.5 Å². The standard InChI is InChI=1S/C24H24FN5O4/c1-13-21(34-12-17-11-33-15(3)28-17)27-14(2)30(22(13)31)18-8-6-7-16(9-18)20-19(25)10-26-23(29-20)24(4,5)32/h6-11,32H,12H2,1-5H3. The molecule has 0 fully saturated rings. The summed E-state index contributed by atoms with van der Waals surface area (Å²) in [6.07, 6.45) is 2.51. The molecule has 4 aromatic rings. The van der Waals surface area contributed by atoms with Crippen LogP contribution in [0.4, 0.5) is 4.39 Å². The Hall–Kier alpha value is -3.92. The third kappa shape index (κ3) is 4.58. The van der Waals surface area contributed by atoms with Gasteiger partial charge in [0.05, 0.1) is 17.4 Å². The summed E-state index contributed by atoms with van der Waals surface area (Å²) in [5.74, 6) is 0.551. The molecule has 0 saturated heterocycles. The van der Waals surface area contributed by atoms with Gasteiger partial charge in [0.15, 0.2) is 17.5 Å². The molecule has 3 heterocycles. The number of aryl methyl sites for hydroxylation is 2. The van der Waals surface area contributed by atoms with Crippen molar-refractivity contribution in [2.75, 3.05) is 0 Å². The number of aliphatic hydroxyl groups is 1. The van der Waals surface area contributed by atoms with Crippen LogP contribution in [0.3, 0.4) is 0 Å². The van der Waals surface area contributed by atoms with E-state index in [4.69, 9.17) is 9.15 Å². The molecular formula is C24H24FN5O4. The number of ether oxygens (including phenoxy) is 1. The molecule has 176 valence electrons. The summed E-state index contributed by atoms with van der Waals surface area (Å²) in [5, 5.41) is 10.2. The van der Waals surface area contributed by atoms with Gasteiger partial charge in [-0.1, -0.05) is 12.1 Å². The molecule has 0 atom stereocenters. The van der Waals surface area contributed by atoms with Gasteiger partial charge in [-0.05, 0) is 39.8 Å². The molecule has 0 unspecified atom stereocenters. The first-order chi connectivity index (χ1) is 16.0. The molecule has 1 N–H and O–H groups in total. The zero-order valence-electron chi connectivity index (χ0n) is 19.5. The molecule has 0 bridgehead atoms. The quantitative estimate of drug-likeness (QED) is 0.460. The van der Waals surface area contributed by atoms with Gasteiger partial charge in [-0.15, -0.1) is 0 Å². The first kappa shape index (κ1) is 23.2. The van der Waals surface area contributed by atoms with E-state index in [1.807, 2.05) is 0 Å². The lowest BCUT2D eigenvalue weighted by molar-refractivity contribution is 0.0686. The van der Waals surface area contributed by atoms with Crippen LogP contribution in [0.1, 0.15) is 42.6 Å². The van der Waals surface area contributed by atoms with Crippen molar-refractivity contribution in [2.24, 2.45) is 0 Å². The summed E-state index contributed by atoms with van der Waals surface area (Å²) in [5.41, 5.74) is 0.170. The van der Waals surface area contributed by atoms with E-state index in [-0.39, 0.29) is 29.6 Å². The molecule has 9 nitrogen and oxygen atoms in total. The fourth-order valence-corrected chi connectivity index (χ4v) is 3.41. The lowest BCUT2D eigenvalue weighted by Gasteiger charge is -2.17. The summed E-state index contributed by atoms with van der Waals surface area (Å²) in [6, 6.07) is 6.71. The van der Waals surface area contributed by atoms with Crippen molar-refractivity contribution >= 4 is 0 Å². The number of oxazole rings is 1. The molecule has 0 aliphatic heterocycles. The summed E-state index contributed by atoms with van der Waals surface area (Å²) >= 11 is 0. The van der Waals surface area contributed by atoms with Crippen LogP contribution in [0, 0.1) is 26.6 Å². The van der Waals surface area contributed by atoms with Gasteiger partial charge in [-0.3, -0.25) is 9.36 Å². The Kier molecular flexibility index (Phi) is 6.01. The molecule has 0 radical (unpaired) electrons. The maximum atomic E-state index is 14.6. The Morgan fingerprint density at radius 2 is 1.94 bits per heavy atom. The predicted molar refractivity (Wildman–Crippen MR) is 121 cm³/mol. The molecule has 1 aromatic carbocycles. The van der Waals surface area contributed by atoms with Crippen LogP contribution >= 0.6 is 0 Å². The molecule has 34 heavy (non-hydrogen) atoms. The smallest absolute Gasteiger partial charge is 0.264 e. The monoisotopic (exact) mass is 465 g/mol. The van der Waals surface area contributed by atoms with E-state index in [1.165, 1.54) is 24.7 Å². The SMILES string of the molecule is Cc1nc(COc2nc(C)n(-c3cccc(-c4nc(C(C)(C)O)ncc4F)c3)c(=O)c2C)co1. The van der Waals surface area contributed by atoms with Crippen molar-refractivity contribution in [3.63, 3.8) is 0 Å². The highest BCUT2D eigenvalue weighted by Gasteiger charge is 2.22. The Labute approximate surface area is 194 Å². The Morgan fingerprint density at radius 3 is 2.62 bits per heavy atom. The van der Waals surface area contributed by atoms with Crippen molar-refractivity contribution < 1.29 is 18.7 Å². The van der Waals surface area contributed by atoms with Gasteiger partial charge >= 0.3 is 0 Å². The largest absolute Gasteiger partial charge is 0.471 e. The van der Waals surface area contributed by atoms with Crippen molar-refractivity contribution in [1.29, 1.82) is 0 Å². The molecule has 0 saturated carbocycles. The summed E-state index contributed by atoms with van der Waals surface area (Å²) in [7, 11) is 0. The normalized spacial score (nSPS) is 11.6. The number of benzene rings is 1. The second kappa shape index (κ2) is 8.79. The van der Waals surface area contributed by atoms with Gasteiger partial charge in [0.2, 0.25) is 5.88 Å². The average Bonchev–Trinajstić information content (AvgIpc) is 3.20. The highest BCUT2D eigenvalue weighted by molar-refractivity contribution is 5.63. The van der Waals surface area contributed by atoms with Crippen LogP contribution in [0.5, 0.6) is 5.88 Å². The Morgan fingerprint density at radius 1 is 1.18 bits per heavy atom. The van der Waals surface area contributed by atoms with E-state index in [2.05, 4.69) is 19.9 Å². The fourth-order valence-electron chi connectivity index (χ4n) is 3.41. The van der Waals surface area contributed by atoms with Gasteiger partial charge in [0.25, 0.3) is 5.56 Å². The third-order valence-corrected chi connectivity index (χ3v) is 5.12. The van der Waals surface area contributed by atoms with Gasteiger partial charge < -0.3 is 14.3 Å². The average molecular weight is 465 g/mol. The predicted octanol–water partition coefficient (Wildman–Crippen LogP) is 3.55. The third-order valence-electron chi connectivity index (χ3n) is 5.12. The van der Waals surface area contributed by atoms with Crippen LogP contribution in [0.15, 0.2) is 45.9 Å². The topological polar surface area (TPSA) is 116 Å². The molecule has 0 spiro atoms. The Balaban J connectivity index is 1.72. The number of rotatable bonds is 6. The molecule has 0 amide bonds. The van der Waals surface area contributed by atoms with Gasteiger partial charge in [0.1, 0.15) is 35.7 Å². The number of aromatic nitrogens is 5. The summed E-state index contributed by atoms with van der Waals surface area (Å²) < 4.78 is 26.9. The molecule has 3 aromatic heterocycles. The van der Waals surface area contributed by atoms with Crippen molar-refractivity contribution in [3.8, 4) is 22.8 Å². The molecule has 10 heteroatoms. The minimum atomic E-state index is -1.34. The zero-order chi connectivity index (χ0) is 24.6. The maximum Gasteiger partial charge on any atom is 0.264 e. The number of nitrogens with zero attached hydrogens (tertiary/aromatic N) is 5.